The van der Waals surface area contributed by atoms with Gasteiger partial charge in [0.2, 0.25) is 0 Å². The average molecular weight is 3010 g/mol. The first-order valence-electron chi connectivity index (χ1n) is 41.7. The maximum Gasteiger partial charge on any atom is -0.0000943 e. The molecule has 0 saturated carbocycles. The molecule has 602 valence electrons. The van der Waals surface area contributed by atoms with Crippen molar-refractivity contribution in [2.45, 2.75) is 0 Å². The van der Waals surface area contributed by atoms with E-state index in [1.807, 2.05) is 0 Å². The van der Waals surface area contributed by atoms with E-state index in [-0.39, 0.29) is 0 Å². The first kappa shape index (κ1) is 122. The molecule has 0 aromatic rings. The lowest BCUT2D eigenvalue weighted by Gasteiger charge is -3.03. The molecule has 0 aromatic heterocycles. The number of rotatable bonds is 32. The molecule has 0 rings (SSSR count). The van der Waals surface area contributed by atoms with Crippen LogP contribution in [0.5, 0.6) is 0 Å². The zero-order chi connectivity index (χ0) is 83.6. The first-order valence-corrected chi connectivity index (χ1v) is 375. The monoisotopic (exact) mass is 3000 g/mol. The minimum absolute atomic E-state index is 0.451. The van der Waals surface area contributed by atoms with Crippen LogP contribution in [-0.4, -0.2) is 858 Å². The summed E-state index contributed by atoms with van der Waals surface area (Å²) in [4.78, 5) is 0. The second-order valence-corrected chi connectivity index (χ2v) is 1560. The van der Waals surface area contributed by atoms with Crippen molar-refractivity contribution in [2.24, 2.45) is 0 Å². The van der Waals surface area contributed by atoms with Crippen LogP contribution in [0.3, 0.4) is 0 Å². The molecule has 100 heavy (non-hydrogen) atoms. The summed E-state index contributed by atoms with van der Waals surface area (Å²) in [5.74, 6) is 0. The van der Waals surface area contributed by atoms with E-state index in [2.05, 4.69) is 654 Å². The molecule has 0 unspecified atom stereocenters. The highest BCUT2D eigenvalue weighted by atomic mass is 31.2. The van der Waals surface area contributed by atoms with Crippen LogP contribution in [0.4, 0.5) is 0 Å². The molecular weight excluding hydrogens is 2810 g/mol. The molecule has 0 atom stereocenters. The van der Waals surface area contributed by atoms with Gasteiger partial charge in [-0.05, 0) is 858 Å². The molecule has 0 radical (unpaired) electrons. The number of hydrogen-bond donors (Lipinski definition) is 0. The molecule has 0 aliphatic heterocycles. The van der Waals surface area contributed by atoms with Gasteiger partial charge >= 0.3 is 0 Å². The molecule has 0 amide bonds. The summed E-state index contributed by atoms with van der Waals surface area (Å²) in [6.07, 6.45) is -37.6. The van der Waals surface area contributed by atoms with Gasteiger partial charge in [0, 0.05) is 0 Å². The van der Waals surface area contributed by atoms with Crippen molar-refractivity contribution in [1.82, 2.24) is 0 Å². The van der Waals surface area contributed by atoms with Gasteiger partial charge in [0.25, 0.3) is 0 Å². The Morgan fingerprint density at radius 1 is 0.0900 bits per heavy atom. The van der Waals surface area contributed by atoms with Crippen molar-refractivity contribution in [3.63, 3.8) is 0 Å². The molecule has 0 fully saturated rings. The van der Waals surface area contributed by atoms with Gasteiger partial charge in [-0.15, -0.1) is 0 Å². The largest absolute Gasteiger partial charge is 0.0114 e. The van der Waals surface area contributed by atoms with E-state index in [0.717, 1.165) is 0 Å². The van der Waals surface area contributed by atoms with Gasteiger partial charge in [0.05, 0.1) is 0 Å². The van der Waals surface area contributed by atoms with Crippen molar-refractivity contribution in [1.29, 1.82) is 0 Å². The number of hydrogen-bond acceptors (Lipinski definition) is 0. The molecule has 0 aliphatic rings. The smallest absolute Gasteiger partial charge is 0.0000943 e. The SMILES string of the molecule is [SiH3][SiH]([SiH3])[Si]([SiH3])([SiH3])[Si]([Si]([Si]([SiH3])([SiH3])[SiH3])([Si]([SiH3])([SiH3])[SiH3])[Si]([SiH3])([SiH3])[SiH3])([Si]([Si]([SiH3])([SiH3])[SiH3])([Si]([SiH3])([SiH3])[SiH3])[Si]([SiH3])([SiH3])[SiH3])[Si]([Si]([Si]([SiH3])([SiH3])[SiH3])([Si]([SiH3])([SiH3])[SiH3])[Si]([SiH3])([SiH3])[SiH3])([Si]([Si]([SiH3])([SiH3])[SiH3])([Si]([SiH3])([SiH3])[SiH3])[Si]([SiH3])([SiH3])[SiH3])[Si]([Si]([Si]([SiH3])([SiH3])[SiH3])([Si]([SiH3])([SiH3])[SiH3])[Si]([SiH3])([SiH3])[SiH3])([Si]([Si]([SiH3])([SiH3])[SiH3])([Si]([SiH3])([SiH3])[SiH3])[Si]([SiH3])([SiH3])[SiH3])[Si]([Si]([SiH3])([SiH3])[SiH3])([Si]([SiH3])([SiH3])[SiH3])[Si]([SiH3])([SiH3])[SiH3]. The van der Waals surface area contributed by atoms with E-state index in [1.165, 1.54) is 0 Å². The Morgan fingerprint density at radius 3 is 0.210 bits per heavy atom. The highest BCUT2D eigenvalue weighted by Crippen LogP contribution is 2.69. The maximum absolute atomic E-state index is 2.53. The van der Waals surface area contributed by atoms with E-state index >= 15 is 0 Å². The summed E-state index contributed by atoms with van der Waals surface area (Å²) in [7, 11) is 157. The standard InChI is InChI=1S/H202Si100/c1-68(2)90(66,67)98(91(69(3,4)5,70(6,7)8)71(9,10)11,92(72(12,13)14,73(15,16)17)74(18,19)20)100(96(84(48,49)50,85(51,52)53)86(54,55)56,97(87(57,58)59,88(60,61)62)89(63,64)65)99(93(75(21,22)23,76(24,25)26)77(27,28)29,94(78(30,31)32,79(33,34)35)80(36,37)38)95(81(39,40)41,82(42,43)44)83(45,46)47/h68H,1-67H3. The zero-order valence-corrected chi connectivity index (χ0v) is 251. The van der Waals surface area contributed by atoms with Crippen LogP contribution < -0.4 is 0 Å². The quantitative estimate of drug-likeness (QED) is 0.0589. The molecule has 0 aliphatic carbocycles. The first-order chi connectivity index (χ1) is 41.7. The minimum atomic E-state index is -1.66. The summed E-state index contributed by atoms with van der Waals surface area (Å²) in [5.41, 5.74) is 0. The minimum Gasteiger partial charge on any atom is -0.0114 e. The van der Waals surface area contributed by atoms with Crippen LogP contribution in [0, 0.1) is 0 Å². The van der Waals surface area contributed by atoms with Crippen molar-refractivity contribution in [2.75, 3.05) is 0 Å². The highest BCUT2D eigenvalue weighted by Gasteiger charge is 3.07. The Morgan fingerprint density at radius 2 is 0.150 bits per heavy atom. The molecule has 100 heteroatoms. The van der Waals surface area contributed by atoms with E-state index < -0.39 is 204 Å². The molecule has 0 aromatic carbocycles. The summed E-state index contributed by atoms with van der Waals surface area (Å²) < 4.78 is 0. The lowest BCUT2D eigenvalue weighted by molar-refractivity contribution is 2.73. The Kier molecular flexibility index (Phi) is 44.8. The fourth-order valence-electron chi connectivity index (χ4n) is 41.5. The van der Waals surface area contributed by atoms with Gasteiger partial charge in [-0.2, -0.15) is 0 Å². The highest BCUT2D eigenvalue weighted by molar-refractivity contribution is 8.83. The second kappa shape index (κ2) is 36.8. The molecule has 0 nitrogen and oxygen atoms in total. The van der Waals surface area contributed by atoms with Gasteiger partial charge < -0.3 is 0 Å². The molecule has 0 spiro atoms. The van der Waals surface area contributed by atoms with Crippen molar-refractivity contribution in [3.05, 3.63) is 0 Å². The van der Waals surface area contributed by atoms with Crippen LogP contribution >= 0.6 is 0 Å². The summed E-state index contributed by atoms with van der Waals surface area (Å²) >= 11 is 0. The van der Waals surface area contributed by atoms with Crippen molar-refractivity contribution in [3.8, 4) is 0 Å². The maximum atomic E-state index is 2.53. The molecule has 0 bridgehead atoms. The van der Waals surface area contributed by atoms with E-state index in [9.17, 15) is 0 Å². The Bertz CT molecular complexity index is 2270. The predicted molar refractivity (Wildman–Crippen MR) is 857 cm³/mol. The fraction of sp³-hybridized carbons (Fsp3) is 0. The molecule has 0 heterocycles. The third-order valence-corrected chi connectivity index (χ3v) is 2520. The molecule has 0 N–H and O–H groups in total. The van der Waals surface area contributed by atoms with Gasteiger partial charge in [-0.1, -0.05) is 0 Å². The molecule has 0 saturated heterocycles. The Labute approximate surface area is 840 Å². The van der Waals surface area contributed by atoms with Gasteiger partial charge in [-0.3, -0.25) is 0 Å². The zero-order valence-electron chi connectivity index (χ0n) is 83.6. The summed E-state index contributed by atoms with van der Waals surface area (Å²) in [6.45, 7) is 0. The van der Waals surface area contributed by atoms with Gasteiger partial charge in [0.15, 0.2) is 0 Å². The Hall–Kier alpha value is 21.7. The van der Waals surface area contributed by atoms with Crippen LogP contribution in [0.25, 0.3) is 0 Å². The van der Waals surface area contributed by atoms with Crippen LogP contribution in [0.2, 0.25) is 0 Å². The topological polar surface area (TPSA) is 0 Å². The summed E-state index contributed by atoms with van der Waals surface area (Å²) in [6, 6.07) is 0. The normalized spacial score (nSPS) is 35.3. The predicted octanol–water partition coefficient (Wildman–Crippen LogP) is -92.2. The van der Waals surface area contributed by atoms with E-state index in [1.54, 1.807) is 0 Å². The van der Waals surface area contributed by atoms with Crippen LogP contribution in [-0.2, 0) is 0 Å². The van der Waals surface area contributed by atoms with Gasteiger partial charge in [0.1, 0.15) is 0 Å². The van der Waals surface area contributed by atoms with E-state index in [0.29, 0.717) is 0 Å². The third-order valence-electron chi connectivity index (χ3n) is 31.1. The van der Waals surface area contributed by atoms with E-state index in [4.69, 9.17) is 0 Å². The van der Waals surface area contributed by atoms with Gasteiger partial charge in [-0.25, -0.2) is 0 Å². The van der Waals surface area contributed by atoms with Crippen LogP contribution in [0.1, 0.15) is 0 Å². The summed E-state index contributed by atoms with van der Waals surface area (Å²) in [5, 5.41) is 0. The average Bonchev–Trinajstić information content (AvgIpc) is 0.570. The lowest BCUT2D eigenvalue weighted by Crippen LogP contribution is -3.40. The molecular formula is H202Si100. The third kappa shape index (κ3) is 17.9. The Balaban J connectivity index is 19.4. The van der Waals surface area contributed by atoms with Crippen molar-refractivity contribution < 1.29 is 0 Å². The fourth-order valence-corrected chi connectivity index (χ4v) is 10100. The van der Waals surface area contributed by atoms with Crippen LogP contribution in [0.15, 0.2) is 0 Å². The lowest BCUT2D eigenvalue weighted by atomic mass is 25.1. The van der Waals surface area contributed by atoms with Crippen molar-refractivity contribution >= 4 is 858 Å². The second-order valence-electron chi connectivity index (χ2n) is 57.6.